The van der Waals surface area contributed by atoms with Gasteiger partial charge in [0.25, 0.3) is 0 Å². The number of methoxy groups -OCH3 is 1. The van der Waals surface area contributed by atoms with E-state index < -0.39 is 15.6 Å². The molecule has 1 aliphatic heterocycles. The SMILES string of the molecule is COc1ccc(Cl)cc1CN1CCN(c2ccc(S(=O)(=O)C(F)F)cc2)CC1. The predicted molar refractivity (Wildman–Crippen MR) is 105 cm³/mol. The van der Waals surface area contributed by atoms with Crippen molar-refractivity contribution >= 4 is 27.1 Å². The van der Waals surface area contributed by atoms with Crippen LogP contribution in [-0.2, 0) is 16.4 Å². The van der Waals surface area contributed by atoms with Gasteiger partial charge < -0.3 is 9.64 Å². The lowest BCUT2D eigenvalue weighted by Crippen LogP contribution is -2.46. The Morgan fingerprint density at radius 1 is 1.07 bits per heavy atom. The third kappa shape index (κ3) is 4.56. The van der Waals surface area contributed by atoms with E-state index in [4.69, 9.17) is 16.3 Å². The summed E-state index contributed by atoms with van der Waals surface area (Å²) in [6, 6.07) is 11.2. The number of benzene rings is 2. The molecule has 0 atom stereocenters. The van der Waals surface area contributed by atoms with Gasteiger partial charge in [0.05, 0.1) is 12.0 Å². The molecular weight excluding hydrogens is 410 g/mol. The van der Waals surface area contributed by atoms with Crippen LogP contribution >= 0.6 is 11.6 Å². The highest BCUT2D eigenvalue weighted by molar-refractivity contribution is 7.91. The number of ether oxygens (including phenoxy) is 1. The second-order valence-electron chi connectivity index (χ2n) is 6.52. The van der Waals surface area contributed by atoms with Crippen molar-refractivity contribution < 1.29 is 21.9 Å². The Morgan fingerprint density at radius 3 is 2.29 bits per heavy atom. The molecule has 1 aliphatic rings. The van der Waals surface area contributed by atoms with Crippen LogP contribution in [0.25, 0.3) is 0 Å². The molecule has 5 nitrogen and oxygen atoms in total. The highest BCUT2D eigenvalue weighted by atomic mass is 35.5. The van der Waals surface area contributed by atoms with Crippen LogP contribution in [-0.4, -0.2) is 52.4 Å². The summed E-state index contributed by atoms with van der Waals surface area (Å²) in [5, 5.41) is 0.660. The van der Waals surface area contributed by atoms with Gasteiger partial charge in [-0.3, -0.25) is 4.90 Å². The van der Waals surface area contributed by atoms with Crippen LogP contribution in [0.15, 0.2) is 47.4 Å². The van der Waals surface area contributed by atoms with Gasteiger partial charge in [-0.15, -0.1) is 0 Å². The summed E-state index contributed by atoms with van der Waals surface area (Å²) in [5.74, 6) is -2.62. The number of piperazine rings is 1. The molecule has 0 unspecified atom stereocenters. The summed E-state index contributed by atoms with van der Waals surface area (Å²) in [7, 11) is -2.93. The minimum Gasteiger partial charge on any atom is -0.496 e. The Balaban J connectivity index is 1.62. The molecule has 0 amide bonds. The van der Waals surface area contributed by atoms with Crippen molar-refractivity contribution in [2.75, 3.05) is 38.2 Å². The van der Waals surface area contributed by atoms with Crippen molar-refractivity contribution in [3.63, 3.8) is 0 Å². The molecule has 0 N–H and O–H groups in total. The van der Waals surface area contributed by atoms with Crippen LogP contribution in [0.2, 0.25) is 5.02 Å². The standard InChI is InChI=1S/C19H21ClF2N2O3S/c1-27-18-7-2-15(20)12-14(18)13-23-8-10-24(11-9-23)16-3-5-17(6-4-16)28(25,26)19(21)22/h2-7,12,19H,8-11,13H2,1H3. The summed E-state index contributed by atoms with van der Waals surface area (Å²) in [6.07, 6.45) is 0. The maximum absolute atomic E-state index is 12.6. The van der Waals surface area contributed by atoms with Gasteiger partial charge >= 0.3 is 5.76 Å². The molecule has 1 fully saturated rings. The minimum atomic E-state index is -4.56. The number of hydrogen-bond acceptors (Lipinski definition) is 5. The van der Waals surface area contributed by atoms with E-state index in [0.717, 1.165) is 43.2 Å². The van der Waals surface area contributed by atoms with Crippen molar-refractivity contribution in [3.05, 3.63) is 53.1 Å². The number of alkyl halides is 2. The average Bonchev–Trinajstić information content (AvgIpc) is 2.69. The van der Waals surface area contributed by atoms with E-state index in [9.17, 15) is 17.2 Å². The van der Waals surface area contributed by atoms with Gasteiger partial charge in [0.1, 0.15) is 5.75 Å². The third-order valence-electron chi connectivity index (χ3n) is 4.77. The largest absolute Gasteiger partial charge is 0.496 e. The first kappa shape index (κ1) is 20.8. The van der Waals surface area contributed by atoms with E-state index in [1.54, 1.807) is 25.3 Å². The molecule has 2 aromatic rings. The van der Waals surface area contributed by atoms with E-state index in [1.165, 1.54) is 12.1 Å². The molecule has 2 aromatic carbocycles. The smallest absolute Gasteiger partial charge is 0.341 e. The summed E-state index contributed by atoms with van der Waals surface area (Å²) in [4.78, 5) is 4.02. The average molecular weight is 431 g/mol. The number of rotatable bonds is 6. The third-order valence-corrected chi connectivity index (χ3v) is 6.41. The Kier molecular flexibility index (Phi) is 6.42. The van der Waals surface area contributed by atoms with Gasteiger partial charge in [-0.25, -0.2) is 8.42 Å². The van der Waals surface area contributed by atoms with E-state index >= 15 is 0 Å². The molecule has 9 heteroatoms. The van der Waals surface area contributed by atoms with E-state index in [1.807, 2.05) is 12.1 Å². The molecule has 0 spiro atoms. The quantitative estimate of drug-likeness (QED) is 0.700. The normalized spacial score (nSPS) is 15.8. The topological polar surface area (TPSA) is 49.9 Å². The summed E-state index contributed by atoms with van der Waals surface area (Å²) >= 11 is 6.09. The van der Waals surface area contributed by atoms with Crippen molar-refractivity contribution in [1.29, 1.82) is 0 Å². The molecule has 28 heavy (non-hydrogen) atoms. The van der Waals surface area contributed by atoms with Gasteiger partial charge in [0, 0.05) is 49.0 Å². The fourth-order valence-electron chi connectivity index (χ4n) is 3.23. The highest BCUT2D eigenvalue weighted by Crippen LogP contribution is 2.26. The molecule has 1 saturated heterocycles. The van der Waals surface area contributed by atoms with Gasteiger partial charge in [-0.2, -0.15) is 8.78 Å². The van der Waals surface area contributed by atoms with Crippen LogP contribution in [0.5, 0.6) is 5.75 Å². The van der Waals surface area contributed by atoms with Crippen LogP contribution in [0.1, 0.15) is 5.56 Å². The maximum Gasteiger partial charge on any atom is 0.341 e. The Morgan fingerprint density at radius 2 is 1.71 bits per heavy atom. The zero-order valence-electron chi connectivity index (χ0n) is 15.3. The first-order valence-corrected chi connectivity index (χ1v) is 10.7. The Labute approximate surface area is 168 Å². The van der Waals surface area contributed by atoms with Crippen LogP contribution < -0.4 is 9.64 Å². The van der Waals surface area contributed by atoms with Crippen LogP contribution in [0.3, 0.4) is 0 Å². The van der Waals surface area contributed by atoms with Crippen molar-refractivity contribution in [3.8, 4) is 5.75 Å². The maximum atomic E-state index is 12.6. The Hall–Kier alpha value is -1.90. The summed E-state index contributed by atoms with van der Waals surface area (Å²) in [5.41, 5.74) is 1.83. The zero-order valence-corrected chi connectivity index (χ0v) is 16.9. The monoisotopic (exact) mass is 430 g/mol. The summed E-state index contributed by atoms with van der Waals surface area (Å²) < 4.78 is 53.7. The number of halogens is 3. The van der Waals surface area contributed by atoms with Gasteiger partial charge in [0.2, 0.25) is 9.84 Å². The first-order chi connectivity index (χ1) is 13.3. The van der Waals surface area contributed by atoms with Crippen molar-refractivity contribution in [2.24, 2.45) is 0 Å². The molecule has 0 saturated carbocycles. The fraction of sp³-hybridized carbons (Fsp3) is 0.368. The molecule has 152 valence electrons. The first-order valence-electron chi connectivity index (χ1n) is 8.73. The molecular formula is C19H21ClF2N2O3S. The van der Waals surface area contributed by atoms with E-state index in [0.29, 0.717) is 11.6 Å². The molecule has 0 aromatic heterocycles. The molecule has 0 bridgehead atoms. The summed E-state index contributed by atoms with van der Waals surface area (Å²) in [6.45, 7) is 3.79. The number of sulfone groups is 1. The number of anilines is 1. The number of nitrogens with zero attached hydrogens (tertiary/aromatic N) is 2. The lowest BCUT2D eigenvalue weighted by atomic mass is 10.1. The van der Waals surface area contributed by atoms with E-state index in [2.05, 4.69) is 9.80 Å². The zero-order chi connectivity index (χ0) is 20.3. The van der Waals surface area contributed by atoms with Gasteiger partial charge in [-0.05, 0) is 42.5 Å². The molecule has 1 heterocycles. The highest BCUT2D eigenvalue weighted by Gasteiger charge is 2.26. The molecule has 0 aliphatic carbocycles. The van der Waals surface area contributed by atoms with Gasteiger partial charge in [-0.1, -0.05) is 11.6 Å². The van der Waals surface area contributed by atoms with E-state index in [-0.39, 0.29) is 4.90 Å². The molecule has 3 rings (SSSR count). The number of hydrogen-bond donors (Lipinski definition) is 0. The van der Waals surface area contributed by atoms with Crippen molar-refractivity contribution in [1.82, 2.24) is 4.90 Å². The lowest BCUT2D eigenvalue weighted by Gasteiger charge is -2.36. The lowest BCUT2D eigenvalue weighted by molar-refractivity contribution is 0.234. The van der Waals surface area contributed by atoms with Crippen LogP contribution in [0.4, 0.5) is 14.5 Å². The fourth-order valence-corrected chi connectivity index (χ4v) is 4.14. The second-order valence-corrected chi connectivity index (χ2v) is 8.87. The predicted octanol–water partition coefficient (Wildman–Crippen LogP) is 3.67. The second kappa shape index (κ2) is 8.63. The van der Waals surface area contributed by atoms with Gasteiger partial charge in [0.15, 0.2) is 0 Å². The van der Waals surface area contributed by atoms with Crippen LogP contribution in [0, 0.1) is 0 Å². The minimum absolute atomic E-state index is 0.363. The molecule has 0 radical (unpaired) electrons. The Bertz CT molecular complexity index is 915. The van der Waals surface area contributed by atoms with Crippen molar-refractivity contribution in [2.45, 2.75) is 17.2 Å².